The number of hydrogen-bond donors (Lipinski definition) is 2. The van der Waals surface area contributed by atoms with E-state index in [0.717, 1.165) is 28.0 Å². The largest absolute Gasteiger partial charge is 0.478 e. The molecule has 2 amide bonds. The zero-order chi connectivity index (χ0) is 22.0. The van der Waals surface area contributed by atoms with Crippen LogP contribution in [0.25, 0.3) is 5.57 Å². The molecule has 0 saturated heterocycles. The standard InChI is InChI=1S/C23H26N4O4/c1-4-20-23(29)26-19-10-15(9-14(2)21(19)31-20)12-27-8-7-17(13-30-27)16-5-6-18(25-11-16)22(28)24-3/h5-7,9-11,20H,4,8,12-13H2,1-3H3,(H,24,28)(H,26,29). The second-order valence-electron chi connectivity index (χ2n) is 7.63. The lowest BCUT2D eigenvalue weighted by Crippen LogP contribution is -2.36. The molecule has 162 valence electrons. The van der Waals surface area contributed by atoms with Crippen molar-refractivity contribution in [2.24, 2.45) is 0 Å². The van der Waals surface area contributed by atoms with E-state index < -0.39 is 6.10 Å². The number of hydroxylamine groups is 2. The van der Waals surface area contributed by atoms with Gasteiger partial charge in [-0.05, 0) is 47.7 Å². The molecular formula is C23H26N4O4. The minimum absolute atomic E-state index is 0.107. The van der Waals surface area contributed by atoms with Crippen molar-refractivity contribution in [2.45, 2.75) is 32.9 Å². The van der Waals surface area contributed by atoms with Crippen molar-refractivity contribution in [2.75, 3.05) is 25.5 Å². The second kappa shape index (κ2) is 8.87. The Bertz CT molecular complexity index is 1030. The van der Waals surface area contributed by atoms with Crippen LogP contribution in [0.3, 0.4) is 0 Å². The third-order valence-corrected chi connectivity index (χ3v) is 5.41. The van der Waals surface area contributed by atoms with E-state index in [-0.39, 0.29) is 11.8 Å². The first-order valence-electron chi connectivity index (χ1n) is 10.3. The number of hydrogen-bond acceptors (Lipinski definition) is 6. The van der Waals surface area contributed by atoms with Gasteiger partial charge in [0.1, 0.15) is 11.4 Å². The zero-order valence-corrected chi connectivity index (χ0v) is 17.9. The van der Waals surface area contributed by atoms with Crippen LogP contribution in [-0.4, -0.2) is 48.2 Å². The van der Waals surface area contributed by atoms with Crippen molar-refractivity contribution in [3.05, 3.63) is 58.9 Å². The fourth-order valence-corrected chi connectivity index (χ4v) is 3.71. The van der Waals surface area contributed by atoms with E-state index in [1.54, 1.807) is 19.3 Å². The van der Waals surface area contributed by atoms with Gasteiger partial charge in [0.25, 0.3) is 11.8 Å². The number of pyridine rings is 1. The average molecular weight is 422 g/mol. The van der Waals surface area contributed by atoms with Crippen molar-refractivity contribution in [3.63, 3.8) is 0 Å². The molecule has 0 radical (unpaired) electrons. The molecular weight excluding hydrogens is 396 g/mol. The van der Waals surface area contributed by atoms with Gasteiger partial charge in [-0.1, -0.05) is 25.1 Å². The Labute approximate surface area is 181 Å². The topological polar surface area (TPSA) is 92.8 Å². The number of nitrogens with zero attached hydrogens (tertiary/aromatic N) is 2. The minimum atomic E-state index is -0.439. The molecule has 1 unspecified atom stereocenters. The molecule has 31 heavy (non-hydrogen) atoms. The Morgan fingerprint density at radius 3 is 2.84 bits per heavy atom. The van der Waals surface area contributed by atoms with E-state index in [0.29, 0.717) is 37.5 Å². The lowest BCUT2D eigenvalue weighted by atomic mass is 10.1. The van der Waals surface area contributed by atoms with Crippen molar-refractivity contribution < 1.29 is 19.2 Å². The predicted octanol–water partition coefficient (Wildman–Crippen LogP) is 2.69. The Morgan fingerprint density at radius 1 is 1.35 bits per heavy atom. The van der Waals surface area contributed by atoms with Gasteiger partial charge in [0.15, 0.2) is 6.10 Å². The summed E-state index contributed by atoms with van der Waals surface area (Å²) in [5, 5.41) is 7.39. The quantitative estimate of drug-likeness (QED) is 0.770. The van der Waals surface area contributed by atoms with Gasteiger partial charge in [-0.2, -0.15) is 5.06 Å². The molecule has 0 spiro atoms. The molecule has 1 aromatic carbocycles. The predicted molar refractivity (Wildman–Crippen MR) is 116 cm³/mol. The highest BCUT2D eigenvalue weighted by atomic mass is 16.7. The van der Waals surface area contributed by atoms with Crippen LogP contribution in [0.4, 0.5) is 5.69 Å². The molecule has 3 heterocycles. The van der Waals surface area contributed by atoms with Crippen molar-refractivity contribution in [1.29, 1.82) is 0 Å². The Balaban J connectivity index is 1.42. The van der Waals surface area contributed by atoms with E-state index in [1.807, 2.05) is 31.0 Å². The van der Waals surface area contributed by atoms with Gasteiger partial charge in [0, 0.05) is 26.3 Å². The molecule has 2 aromatic rings. The van der Waals surface area contributed by atoms with Crippen LogP contribution in [0.5, 0.6) is 5.75 Å². The molecule has 2 aliphatic rings. The highest BCUT2D eigenvalue weighted by Gasteiger charge is 2.28. The van der Waals surface area contributed by atoms with Crippen molar-refractivity contribution in [1.82, 2.24) is 15.4 Å². The molecule has 4 rings (SSSR count). The summed E-state index contributed by atoms with van der Waals surface area (Å²) >= 11 is 0. The normalized spacial score (nSPS) is 18.5. The Kier molecular flexibility index (Phi) is 6.01. The third kappa shape index (κ3) is 4.45. The summed E-state index contributed by atoms with van der Waals surface area (Å²) in [6.07, 6.45) is 3.98. The smallest absolute Gasteiger partial charge is 0.269 e. The van der Waals surface area contributed by atoms with E-state index in [2.05, 4.69) is 27.8 Å². The van der Waals surface area contributed by atoms with E-state index in [1.165, 1.54) is 0 Å². The summed E-state index contributed by atoms with van der Waals surface area (Å²) in [4.78, 5) is 33.9. The summed E-state index contributed by atoms with van der Waals surface area (Å²) in [7, 11) is 1.58. The van der Waals surface area contributed by atoms with Crippen LogP contribution < -0.4 is 15.4 Å². The molecule has 0 aliphatic carbocycles. The molecule has 2 N–H and O–H groups in total. The third-order valence-electron chi connectivity index (χ3n) is 5.41. The Hall–Kier alpha value is -3.23. The molecule has 1 atom stereocenters. The van der Waals surface area contributed by atoms with Crippen LogP contribution in [0.2, 0.25) is 0 Å². The average Bonchev–Trinajstić information content (AvgIpc) is 2.79. The number of carbonyl (C=O) groups is 2. The number of aromatic nitrogens is 1. The van der Waals surface area contributed by atoms with E-state index in [9.17, 15) is 9.59 Å². The van der Waals surface area contributed by atoms with Crippen LogP contribution in [0, 0.1) is 6.92 Å². The van der Waals surface area contributed by atoms with Gasteiger partial charge >= 0.3 is 0 Å². The van der Waals surface area contributed by atoms with Gasteiger partial charge < -0.3 is 15.4 Å². The number of nitrogens with one attached hydrogen (secondary N) is 2. The number of benzene rings is 1. The van der Waals surface area contributed by atoms with Gasteiger partial charge in [-0.25, -0.2) is 0 Å². The summed E-state index contributed by atoms with van der Waals surface area (Å²) in [5.41, 5.74) is 5.07. The molecule has 0 fully saturated rings. The number of carbonyl (C=O) groups excluding carboxylic acids is 2. The highest BCUT2D eigenvalue weighted by Crippen LogP contribution is 2.35. The maximum absolute atomic E-state index is 12.1. The summed E-state index contributed by atoms with van der Waals surface area (Å²) < 4.78 is 5.87. The molecule has 0 bridgehead atoms. The number of rotatable bonds is 5. The maximum atomic E-state index is 12.1. The first-order chi connectivity index (χ1) is 15.0. The molecule has 1 aromatic heterocycles. The van der Waals surface area contributed by atoms with Crippen molar-refractivity contribution >= 4 is 23.1 Å². The molecule has 8 heteroatoms. The lowest BCUT2D eigenvalue weighted by molar-refractivity contribution is -0.150. The Morgan fingerprint density at radius 2 is 2.19 bits per heavy atom. The minimum Gasteiger partial charge on any atom is -0.478 e. The highest BCUT2D eigenvalue weighted by molar-refractivity contribution is 5.98. The molecule has 8 nitrogen and oxygen atoms in total. The number of aryl methyl sites for hydroxylation is 1. The first kappa shape index (κ1) is 21.0. The molecule has 0 saturated carbocycles. The van der Waals surface area contributed by atoms with Crippen LogP contribution in [0.1, 0.15) is 40.5 Å². The summed E-state index contributed by atoms with van der Waals surface area (Å²) in [6.45, 7) is 5.53. The maximum Gasteiger partial charge on any atom is 0.269 e. The summed E-state index contributed by atoms with van der Waals surface area (Å²) in [5.74, 6) is 0.424. The van der Waals surface area contributed by atoms with Crippen LogP contribution in [-0.2, 0) is 16.2 Å². The van der Waals surface area contributed by atoms with Gasteiger partial charge in [0.05, 0.1) is 12.3 Å². The zero-order valence-electron chi connectivity index (χ0n) is 17.9. The molecule has 2 aliphatic heterocycles. The second-order valence-corrected chi connectivity index (χ2v) is 7.63. The van der Waals surface area contributed by atoms with E-state index in [4.69, 9.17) is 9.57 Å². The first-order valence-corrected chi connectivity index (χ1v) is 10.3. The number of fused-ring (bicyclic) bond motifs is 1. The van der Waals surface area contributed by atoms with Gasteiger partial charge in [0.2, 0.25) is 0 Å². The van der Waals surface area contributed by atoms with Crippen LogP contribution >= 0.6 is 0 Å². The van der Waals surface area contributed by atoms with Gasteiger partial charge in [-0.15, -0.1) is 0 Å². The summed E-state index contributed by atoms with van der Waals surface area (Å²) in [6, 6.07) is 7.58. The monoisotopic (exact) mass is 422 g/mol. The number of amides is 2. The number of ether oxygens (including phenoxy) is 1. The number of anilines is 1. The SMILES string of the molecule is CCC1Oc2c(C)cc(CN3CC=C(c4ccc(C(=O)NC)nc4)CO3)cc2NC1=O. The van der Waals surface area contributed by atoms with Gasteiger partial charge in [-0.3, -0.25) is 19.4 Å². The van der Waals surface area contributed by atoms with E-state index >= 15 is 0 Å². The van der Waals surface area contributed by atoms with Crippen molar-refractivity contribution in [3.8, 4) is 5.75 Å². The lowest BCUT2D eigenvalue weighted by Gasteiger charge is -2.29. The van der Waals surface area contributed by atoms with Crippen LogP contribution in [0.15, 0.2) is 36.5 Å². The fraction of sp³-hybridized carbons (Fsp3) is 0.348. The fourth-order valence-electron chi connectivity index (χ4n) is 3.71.